The van der Waals surface area contributed by atoms with Crippen LogP contribution in [0, 0.1) is 6.92 Å². The van der Waals surface area contributed by atoms with Crippen LogP contribution in [0.5, 0.6) is 0 Å². The van der Waals surface area contributed by atoms with Gasteiger partial charge in [-0.25, -0.2) is 4.79 Å². The molecule has 1 unspecified atom stereocenters. The highest BCUT2D eigenvalue weighted by Gasteiger charge is 2.26. The van der Waals surface area contributed by atoms with Crippen molar-refractivity contribution in [3.05, 3.63) is 59.7 Å². The maximum absolute atomic E-state index is 12.9. The van der Waals surface area contributed by atoms with E-state index in [0.29, 0.717) is 5.56 Å². The first-order chi connectivity index (χ1) is 14.5. The molecule has 0 bridgehead atoms. The third-order valence-corrected chi connectivity index (χ3v) is 5.74. The number of carbonyl (C=O) groups is 1. The number of aromatic nitrogens is 2. The fourth-order valence-electron chi connectivity index (χ4n) is 4.21. The molecule has 30 heavy (non-hydrogen) atoms. The fourth-order valence-corrected chi connectivity index (χ4v) is 4.21. The van der Waals surface area contributed by atoms with E-state index in [1.807, 2.05) is 45.2 Å². The molecule has 1 fully saturated rings. The Bertz CT molecular complexity index is 1040. The Morgan fingerprint density at radius 3 is 2.60 bits per heavy atom. The Balaban J connectivity index is 1.87. The summed E-state index contributed by atoms with van der Waals surface area (Å²) in [6, 6.07) is 8.17. The van der Waals surface area contributed by atoms with Crippen molar-refractivity contribution in [3.8, 4) is 11.1 Å². The summed E-state index contributed by atoms with van der Waals surface area (Å²) in [5, 5.41) is 0. The number of pyridine rings is 2. The summed E-state index contributed by atoms with van der Waals surface area (Å²) < 4.78 is 13.3. The van der Waals surface area contributed by atoms with Crippen molar-refractivity contribution < 1.29 is 14.3 Å². The Morgan fingerprint density at radius 1 is 1.17 bits per heavy atom. The highest BCUT2D eigenvalue weighted by molar-refractivity contribution is 5.93. The first kappa shape index (κ1) is 20.6. The molecule has 6 heteroatoms. The number of morpholine rings is 1. The fraction of sp³-hybridized carbons (Fsp3) is 0.417. The molecule has 1 aliphatic heterocycles. The minimum atomic E-state index is -0.274. The number of fused-ring (bicyclic) bond motifs is 1. The number of carbonyl (C=O) groups excluding carboxylic acids is 1. The third-order valence-electron chi connectivity index (χ3n) is 5.74. The highest BCUT2D eigenvalue weighted by atomic mass is 16.5. The molecule has 158 valence electrons. The molecule has 4 heterocycles. The van der Waals surface area contributed by atoms with Crippen LogP contribution in [0.25, 0.3) is 16.6 Å². The molecule has 3 aromatic heterocycles. The van der Waals surface area contributed by atoms with Gasteiger partial charge in [-0.3, -0.25) is 9.88 Å². The van der Waals surface area contributed by atoms with Gasteiger partial charge in [0, 0.05) is 60.1 Å². The van der Waals surface area contributed by atoms with Crippen LogP contribution in [0.1, 0.15) is 48.4 Å². The van der Waals surface area contributed by atoms with Crippen molar-refractivity contribution in [3.63, 3.8) is 0 Å². The summed E-state index contributed by atoms with van der Waals surface area (Å²) >= 11 is 0. The summed E-state index contributed by atoms with van der Waals surface area (Å²) in [6.07, 6.45) is 5.62. The smallest absolute Gasteiger partial charge is 0.338 e. The number of nitrogens with zero attached hydrogens (tertiary/aromatic N) is 3. The molecule has 1 atom stereocenters. The number of esters is 1. The standard InChI is InChI=1S/C24H29N3O3/c1-16(2)30-24(28)22-13-21-12-20(19-6-5-7-25-14-19)15-27(21)23(17(22)3)18(4)26-8-10-29-11-9-26/h5-7,12-16,18H,8-11H2,1-4H3. The van der Waals surface area contributed by atoms with Crippen molar-refractivity contribution in [2.75, 3.05) is 26.3 Å². The zero-order chi connectivity index (χ0) is 21.3. The lowest BCUT2D eigenvalue weighted by Crippen LogP contribution is -2.39. The zero-order valence-corrected chi connectivity index (χ0v) is 18.1. The van der Waals surface area contributed by atoms with Gasteiger partial charge in [-0.2, -0.15) is 0 Å². The first-order valence-electron chi connectivity index (χ1n) is 10.5. The average Bonchev–Trinajstić information content (AvgIpc) is 3.17. The van der Waals surface area contributed by atoms with Gasteiger partial charge in [-0.15, -0.1) is 0 Å². The maximum Gasteiger partial charge on any atom is 0.338 e. The van der Waals surface area contributed by atoms with E-state index in [1.165, 1.54) is 0 Å². The molecule has 6 nitrogen and oxygen atoms in total. The predicted molar refractivity (Wildman–Crippen MR) is 117 cm³/mol. The van der Waals surface area contributed by atoms with Crippen molar-refractivity contribution >= 4 is 11.5 Å². The second-order valence-electron chi connectivity index (χ2n) is 8.11. The van der Waals surface area contributed by atoms with E-state index in [4.69, 9.17) is 9.47 Å². The Morgan fingerprint density at radius 2 is 1.93 bits per heavy atom. The van der Waals surface area contributed by atoms with E-state index in [0.717, 1.165) is 54.2 Å². The van der Waals surface area contributed by atoms with E-state index in [2.05, 4.69) is 33.5 Å². The quantitative estimate of drug-likeness (QED) is 0.591. The molecule has 0 spiro atoms. The van der Waals surface area contributed by atoms with Gasteiger partial charge >= 0.3 is 5.97 Å². The van der Waals surface area contributed by atoms with Crippen molar-refractivity contribution in [2.45, 2.75) is 39.8 Å². The Hall–Kier alpha value is -2.70. The summed E-state index contributed by atoms with van der Waals surface area (Å²) in [5.74, 6) is -0.274. The molecule has 0 amide bonds. The molecule has 3 aromatic rings. The summed E-state index contributed by atoms with van der Waals surface area (Å²) in [6.45, 7) is 11.2. The molecule has 4 rings (SSSR count). The molecule has 0 saturated carbocycles. The van der Waals surface area contributed by atoms with Crippen molar-refractivity contribution in [1.29, 1.82) is 0 Å². The van der Waals surface area contributed by atoms with E-state index < -0.39 is 0 Å². The van der Waals surface area contributed by atoms with Crippen molar-refractivity contribution in [2.24, 2.45) is 0 Å². The highest BCUT2D eigenvalue weighted by Crippen LogP contribution is 2.32. The lowest BCUT2D eigenvalue weighted by atomic mass is 10.0. The number of hydrogen-bond donors (Lipinski definition) is 0. The topological polar surface area (TPSA) is 56.1 Å². The van der Waals surface area contributed by atoms with Gasteiger partial charge in [0.15, 0.2) is 0 Å². The van der Waals surface area contributed by atoms with Gasteiger partial charge in [0.1, 0.15) is 0 Å². The molecule has 1 saturated heterocycles. The Labute approximate surface area is 177 Å². The predicted octanol–water partition coefficient (Wildman–Crippen LogP) is 4.27. The molecule has 0 radical (unpaired) electrons. The largest absolute Gasteiger partial charge is 0.459 e. The van der Waals surface area contributed by atoms with E-state index in [-0.39, 0.29) is 18.1 Å². The van der Waals surface area contributed by atoms with Gasteiger partial charge in [0.05, 0.1) is 24.9 Å². The molecule has 0 aromatic carbocycles. The lowest BCUT2D eigenvalue weighted by Gasteiger charge is -2.34. The number of hydrogen-bond acceptors (Lipinski definition) is 5. The van der Waals surface area contributed by atoms with Gasteiger partial charge in [-0.05, 0) is 51.5 Å². The van der Waals surface area contributed by atoms with Gasteiger partial charge in [0.2, 0.25) is 0 Å². The van der Waals surface area contributed by atoms with E-state index >= 15 is 0 Å². The monoisotopic (exact) mass is 407 g/mol. The molecular weight excluding hydrogens is 378 g/mol. The third kappa shape index (κ3) is 3.98. The minimum absolute atomic E-state index is 0.136. The molecule has 0 N–H and O–H groups in total. The maximum atomic E-state index is 12.9. The minimum Gasteiger partial charge on any atom is -0.459 e. The van der Waals surface area contributed by atoms with Crippen LogP contribution >= 0.6 is 0 Å². The van der Waals surface area contributed by atoms with Crippen LogP contribution < -0.4 is 0 Å². The summed E-state index contributed by atoms with van der Waals surface area (Å²) in [7, 11) is 0. The first-order valence-corrected chi connectivity index (χ1v) is 10.5. The Kier molecular flexibility index (Phi) is 5.88. The van der Waals surface area contributed by atoms with E-state index in [9.17, 15) is 4.79 Å². The molecule has 1 aliphatic rings. The van der Waals surface area contributed by atoms with Crippen LogP contribution in [-0.2, 0) is 9.47 Å². The molecule has 0 aliphatic carbocycles. The van der Waals surface area contributed by atoms with Crippen LogP contribution in [-0.4, -0.2) is 52.7 Å². The van der Waals surface area contributed by atoms with Crippen LogP contribution in [0.15, 0.2) is 42.9 Å². The van der Waals surface area contributed by atoms with Gasteiger partial charge in [-0.1, -0.05) is 6.07 Å². The van der Waals surface area contributed by atoms with Crippen molar-refractivity contribution in [1.82, 2.24) is 14.3 Å². The summed E-state index contributed by atoms with van der Waals surface area (Å²) in [4.78, 5) is 19.5. The lowest BCUT2D eigenvalue weighted by molar-refractivity contribution is 0.0186. The average molecular weight is 408 g/mol. The van der Waals surface area contributed by atoms with Crippen LogP contribution in [0.3, 0.4) is 0 Å². The van der Waals surface area contributed by atoms with Gasteiger partial charge < -0.3 is 13.9 Å². The summed E-state index contributed by atoms with van der Waals surface area (Å²) in [5.41, 5.74) is 5.80. The normalized spacial score (nSPS) is 16.2. The van der Waals surface area contributed by atoms with Gasteiger partial charge in [0.25, 0.3) is 0 Å². The van der Waals surface area contributed by atoms with Crippen LogP contribution in [0.2, 0.25) is 0 Å². The van der Waals surface area contributed by atoms with Crippen LogP contribution in [0.4, 0.5) is 0 Å². The second-order valence-corrected chi connectivity index (χ2v) is 8.11. The molecular formula is C24H29N3O3. The number of ether oxygens (including phenoxy) is 2. The second kappa shape index (κ2) is 8.58. The number of rotatable bonds is 5. The van der Waals surface area contributed by atoms with E-state index in [1.54, 1.807) is 6.20 Å². The SMILES string of the molecule is Cc1c(C(=O)OC(C)C)cc2cc(-c3cccnc3)cn2c1C(C)N1CCOCC1. The zero-order valence-electron chi connectivity index (χ0n) is 18.1.